The summed E-state index contributed by atoms with van der Waals surface area (Å²) >= 11 is -0.279. The van der Waals surface area contributed by atoms with E-state index < -0.39 is 24.0 Å². The fraction of sp³-hybridized carbons (Fsp3) is 0.222. The molecular formula is C18H16F3NO4S. The molecule has 1 amide bonds. The standard InChI is InChI=1S/C18H16F3NO4S/c19-18(20,21)27-15-8-6-13(7-9-15)17(24)26-12-16(23)22-10-11-25-14-4-2-1-3-5-14/h1-9H,10-12H2,(H,22,23). The van der Waals surface area contributed by atoms with Gasteiger partial charge in [-0.15, -0.1) is 0 Å². The van der Waals surface area contributed by atoms with Crippen LogP contribution in [0.4, 0.5) is 13.2 Å². The van der Waals surface area contributed by atoms with Crippen LogP contribution in [0.15, 0.2) is 59.5 Å². The van der Waals surface area contributed by atoms with Gasteiger partial charge in [0.1, 0.15) is 12.4 Å². The summed E-state index contributed by atoms with van der Waals surface area (Å²) in [6, 6.07) is 13.8. The number of thioether (sulfide) groups is 1. The summed E-state index contributed by atoms with van der Waals surface area (Å²) in [6.07, 6.45) is 0. The van der Waals surface area contributed by atoms with Crippen LogP contribution in [0.3, 0.4) is 0 Å². The Morgan fingerprint density at radius 2 is 1.67 bits per heavy atom. The van der Waals surface area contributed by atoms with Crippen molar-refractivity contribution in [2.75, 3.05) is 19.8 Å². The van der Waals surface area contributed by atoms with E-state index in [0.29, 0.717) is 5.75 Å². The van der Waals surface area contributed by atoms with Gasteiger partial charge >= 0.3 is 11.5 Å². The van der Waals surface area contributed by atoms with Crippen LogP contribution >= 0.6 is 11.8 Å². The third-order valence-corrected chi connectivity index (χ3v) is 3.83. The van der Waals surface area contributed by atoms with Gasteiger partial charge in [-0.1, -0.05) is 18.2 Å². The van der Waals surface area contributed by atoms with Crippen molar-refractivity contribution in [3.05, 3.63) is 60.2 Å². The molecule has 0 aromatic heterocycles. The summed E-state index contributed by atoms with van der Waals surface area (Å²) < 4.78 is 47.0. The van der Waals surface area contributed by atoms with Gasteiger partial charge in [0.05, 0.1) is 12.1 Å². The molecule has 0 heterocycles. The summed E-state index contributed by atoms with van der Waals surface area (Å²) in [5.41, 5.74) is -4.34. The zero-order valence-electron chi connectivity index (χ0n) is 14.0. The van der Waals surface area contributed by atoms with Crippen LogP contribution in [0.25, 0.3) is 0 Å². The lowest BCUT2D eigenvalue weighted by molar-refractivity contribution is -0.124. The quantitative estimate of drug-likeness (QED) is 0.417. The lowest BCUT2D eigenvalue weighted by atomic mass is 10.2. The molecule has 27 heavy (non-hydrogen) atoms. The molecule has 2 aromatic rings. The van der Waals surface area contributed by atoms with E-state index in [0.717, 1.165) is 12.1 Å². The summed E-state index contributed by atoms with van der Waals surface area (Å²) in [4.78, 5) is 23.4. The SMILES string of the molecule is O=C(COC(=O)c1ccc(SC(F)(F)F)cc1)NCCOc1ccccc1. The van der Waals surface area contributed by atoms with Gasteiger partial charge in [-0.25, -0.2) is 4.79 Å². The summed E-state index contributed by atoms with van der Waals surface area (Å²) in [5, 5.41) is 2.53. The smallest absolute Gasteiger partial charge is 0.446 e. The number of amides is 1. The van der Waals surface area contributed by atoms with Crippen LogP contribution in [0.2, 0.25) is 0 Å². The lowest BCUT2D eigenvalue weighted by Crippen LogP contribution is -2.32. The second-order valence-electron chi connectivity index (χ2n) is 5.16. The van der Waals surface area contributed by atoms with E-state index in [1.165, 1.54) is 12.1 Å². The molecule has 9 heteroatoms. The number of halogens is 3. The first kappa shape index (κ1) is 20.6. The van der Waals surface area contributed by atoms with Crippen LogP contribution in [0.1, 0.15) is 10.4 Å². The Balaban J connectivity index is 1.67. The molecule has 2 rings (SSSR count). The molecule has 0 saturated heterocycles. The molecule has 0 aliphatic heterocycles. The highest BCUT2D eigenvalue weighted by atomic mass is 32.2. The minimum atomic E-state index is -4.40. The molecule has 0 fully saturated rings. The highest BCUT2D eigenvalue weighted by Gasteiger charge is 2.29. The van der Waals surface area contributed by atoms with Crippen LogP contribution < -0.4 is 10.1 Å². The maximum absolute atomic E-state index is 12.3. The van der Waals surface area contributed by atoms with Gasteiger partial charge in [0, 0.05) is 4.90 Å². The average molecular weight is 399 g/mol. The van der Waals surface area contributed by atoms with E-state index in [1.807, 2.05) is 18.2 Å². The van der Waals surface area contributed by atoms with E-state index in [9.17, 15) is 22.8 Å². The maximum atomic E-state index is 12.3. The molecule has 0 radical (unpaired) electrons. The highest BCUT2D eigenvalue weighted by molar-refractivity contribution is 8.00. The molecule has 2 aromatic carbocycles. The van der Waals surface area contributed by atoms with Crippen molar-refractivity contribution in [2.45, 2.75) is 10.4 Å². The first-order chi connectivity index (χ1) is 12.8. The van der Waals surface area contributed by atoms with E-state index in [2.05, 4.69) is 5.32 Å². The molecule has 5 nitrogen and oxygen atoms in total. The fourth-order valence-electron chi connectivity index (χ4n) is 1.93. The Hall–Kier alpha value is -2.68. The number of alkyl halides is 3. The van der Waals surface area contributed by atoms with Crippen molar-refractivity contribution in [1.29, 1.82) is 0 Å². The number of carbonyl (C=O) groups is 2. The predicted molar refractivity (Wildman–Crippen MR) is 93.6 cm³/mol. The number of esters is 1. The fourth-order valence-corrected chi connectivity index (χ4v) is 2.47. The monoisotopic (exact) mass is 399 g/mol. The largest absolute Gasteiger partial charge is 0.492 e. The average Bonchev–Trinajstić information content (AvgIpc) is 2.63. The Labute approximate surface area is 157 Å². The summed E-state index contributed by atoms with van der Waals surface area (Å²) in [6.45, 7) is -0.0140. The van der Waals surface area contributed by atoms with Gasteiger partial charge in [-0.3, -0.25) is 4.79 Å². The number of rotatable bonds is 8. The summed E-state index contributed by atoms with van der Waals surface area (Å²) in [7, 11) is 0. The van der Waals surface area contributed by atoms with Crippen molar-refractivity contribution < 1.29 is 32.2 Å². The molecule has 0 bridgehead atoms. The highest BCUT2D eigenvalue weighted by Crippen LogP contribution is 2.36. The maximum Gasteiger partial charge on any atom is 0.446 e. The van der Waals surface area contributed by atoms with Crippen molar-refractivity contribution in [2.24, 2.45) is 0 Å². The second kappa shape index (κ2) is 9.86. The van der Waals surface area contributed by atoms with Gasteiger partial charge in [-0.05, 0) is 48.2 Å². The number of benzene rings is 2. The Morgan fingerprint density at radius 1 is 1.00 bits per heavy atom. The van der Waals surface area contributed by atoms with Crippen molar-refractivity contribution >= 4 is 23.6 Å². The van der Waals surface area contributed by atoms with Gasteiger partial charge in [0.2, 0.25) is 0 Å². The molecule has 144 valence electrons. The first-order valence-corrected chi connectivity index (χ1v) is 8.62. The number of hydrogen-bond donors (Lipinski definition) is 1. The third-order valence-electron chi connectivity index (χ3n) is 3.09. The van der Waals surface area contributed by atoms with E-state index in [4.69, 9.17) is 9.47 Å². The molecule has 0 aliphatic carbocycles. The molecule has 0 spiro atoms. The van der Waals surface area contributed by atoms with Crippen LogP contribution in [-0.2, 0) is 9.53 Å². The zero-order valence-corrected chi connectivity index (χ0v) is 14.8. The Kier molecular flexibility index (Phi) is 7.54. The molecule has 0 saturated carbocycles. The van der Waals surface area contributed by atoms with E-state index in [1.54, 1.807) is 12.1 Å². The van der Waals surface area contributed by atoms with Crippen LogP contribution in [-0.4, -0.2) is 37.1 Å². The van der Waals surface area contributed by atoms with Gasteiger partial charge in [0.25, 0.3) is 5.91 Å². The Morgan fingerprint density at radius 3 is 2.30 bits per heavy atom. The predicted octanol–water partition coefficient (Wildman–Crippen LogP) is 3.65. The molecule has 1 N–H and O–H groups in total. The second-order valence-corrected chi connectivity index (χ2v) is 6.30. The van der Waals surface area contributed by atoms with Gasteiger partial charge in [-0.2, -0.15) is 13.2 Å². The van der Waals surface area contributed by atoms with Crippen LogP contribution in [0.5, 0.6) is 5.75 Å². The van der Waals surface area contributed by atoms with E-state index >= 15 is 0 Å². The Bertz CT molecular complexity index is 751. The number of carbonyl (C=O) groups excluding carboxylic acids is 2. The number of nitrogens with one attached hydrogen (secondary N) is 1. The van der Waals surface area contributed by atoms with Crippen molar-refractivity contribution in [1.82, 2.24) is 5.32 Å². The number of hydrogen-bond acceptors (Lipinski definition) is 5. The lowest BCUT2D eigenvalue weighted by Gasteiger charge is -2.09. The molecule has 0 atom stereocenters. The molecule has 0 aliphatic rings. The molecule has 0 unspecified atom stereocenters. The minimum absolute atomic E-state index is 0.0461. The topological polar surface area (TPSA) is 64.6 Å². The van der Waals surface area contributed by atoms with Gasteiger partial charge < -0.3 is 14.8 Å². The summed E-state index contributed by atoms with van der Waals surface area (Å²) in [5.74, 6) is -0.635. The van der Waals surface area contributed by atoms with Crippen molar-refractivity contribution in [3.63, 3.8) is 0 Å². The van der Waals surface area contributed by atoms with Gasteiger partial charge in [0.15, 0.2) is 6.61 Å². The zero-order chi connectivity index (χ0) is 19.7. The minimum Gasteiger partial charge on any atom is -0.492 e. The third kappa shape index (κ3) is 8.04. The number of para-hydroxylation sites is 1. The van der Waals surface area contributed by atoms with Crippen molar-refractivity contribution in [3.8, 4) is 5.75 Å². The van der Waals surface area contributed by atoms with Crippen LogP contribution in [0, 0.1) is 0 Å². The number of ether oxygens (including phenoxy) is 2. The first-order valence-electron chi connectivity index (χ1n) is 7.81. The normalized spacial score (nSPS) is 10.9. The molecular weight excluding hydrogens is 383 g/mol. The van der Waals surface area contributed by atoms with E-state index in [-0.39, 0.29) is 35.4 Å².